The smallest absolute Gasteiger partial charge is 0.407 e. The summed E-state index contributed by atoms with van der Waals surface area (Å²) in [6.07, 6.45) is -1.10. The summed E-state index contributed by atoms with van der Waals surface area (Å²) in [6, 6.07) is 24.4. The molecule has 0 saturated carbocycles. The van der Waals surface area contributed by atoms with E-state index in [1.54, 1.807) is 32.5 Å². The molecule has 0 radical (unpaired) electrons. The molecule has 5 atom stereocenters. The van der Waals surface area contributed by atoms with Gasteiger partial charge in [-0.05, 0) is 74.4 Å². The first kappa shape index (κ1) is 36.9. The monoisotopic (exact) mass is 689 g/mol. The number of rotatable bonds is 14. The zero-order chi connectivity index (χ0) is 34.8. The Morgan fingerprint density at radius 3 is 2.35 bits per heavy atom. The van der Waals surface area contributed by atoms with Gasteiger partial charge in [-0.1, -0.05) is 66.7 Å². The molecule has 0 spiro atoms. The molecule has 49 heavy (non-hydrogen) atoms. The highest BCUT2D eigenvalue weighted by molar-refractivity contribution is 7.99. The van der Waals surface area contributed by atoms with Crippen molar-refractivity contribution in [2.75, 3.05) is 38.6 Å². The van der Waals surface area contributed by atoms with Crippen LogP contribution in [0.5, 0.6) is 0 Å². The lowest BCUT2D eigenvalue weighted by Crippen LogP contribution is -2.48. The van der Waals surface area contributed by atoms with Crippen molar-refractivity contribution >= 4 is 23.8 Å². The molecule has 2 aliphatic rings. The van der Waals surface area contributed by atoms with Crippen LogP contribution in [-0.4, -0.2) is 89.6 Å². The lowest BCUT2D eigenvalue weighted by Gasteiger charge is -2.30. The molecule has 4 N–H and O–H groups in total. The van der Waals surface area contributed by atoms with E-state index in [0.717, 1.165) is 65.8 Å². The third-order valence-corrected chi connectivity index (χ3v) is 10.0. The molecule has 1 aliphatic heterocycles. The minimum absolute atomic E-state index is 0.0969. The number of nitrogens with zero attached hydrogens (tertiary/aromatic N) is 1. The number of carbonyl (C=O) groups excluding carboxylic acids is 2. The van der Waals surface area contributed by atoms with E-state index in [4.69, 9.17) is 9.47 Å². The molecule has 2 amide bonds. The summed E-state index contributed by atoms with van der Waals surface area (Å²) >= 11 is 1.81. The molecule has 0 bridgehead atoms. The van der Waals surface area contributed by atoms with Gasteiger partial charge in [0.1, 0.15) is 5.60 Å². The summed E-state index contributed by atoms with van der Waals surface area (Å²) in [7, 11) is 0. The summed E-state index contributed by atoms with van der Waals surface area (Å²) in [4.78, 5) is 30.6. The van der Waals surface area contributed by atoms with Gasteiger partial charge >= 0.3 is 6.09 Å². The number of carbonyl (C=O) groups is 2. The molecular formula is C39H51N3O6S. The number of thioether (sulfide) groups is 1. The number of benzene rings is 3. The van der Waals surface area contributed by atoms with Crippen molar-refractivity contribution in [3.05, 3.63) is 101 Å². The van der Waals surface area contributed by atoms with Crippen molar-refractivity contribution in [2.45, 2.75) is 81.2 Å². The standard InChI is InChI=1S/C39H51N3O6S/c1-39(2,3)48-38(46)40-33(24-27-9-5-4-6-10-27)34(43)26-30(37(45)41-36-32-12-8-7-11-29(32)25-35(36)44)23-28-13-15-31(16-14-28)49-22-19-42-17-20-47-21-18-42/h4-16,30,33-36,43-44H,17-26H2,1-3H3,(H,40,46)(H,41,45)/t30?,33?,34?,35-,36-/m0/s1. The number of alkyl carbamates (subject to hydrolysis) is 1. The molecule has 1 aliphatic carbocycles. The molecule has 5 rings (SSSR count). The van der Waals surface area contributed by atoms with E-state index in [-0.39, 0.29) is 12.3 Å². The highest BCUT2D eigenvalue weighted by Crippen LogP contribution is 2.32. The maximum atomic E-state index is 14.1. The van der Waals surface area contributed by atoms with Crippen LogP contribution in [0.4, 0.5) is 4.79 Å². The number of nitrogens with one attached hydrogen (secondary N) is 2. The van der Waals surface area contributed by atoms with Crippen molar-refractivity contribution < 1.29 is 29.3 Å². The molecule has 3 aromatic carbocycles. The van der Waals surface area contributed by atoms with Gasteiger partial charge in [0.25, 0.3) is 0 Å². The predicted molar refractivity (Wildman–Crippen MR) is 193 cm³/mol. The molecule has 1 saturated heterocycles. The summed E-state index contributed by atoms with van der Waals surface area (Å²) in [5.41, 5.74) is 3.13. The van der Waals surface area contributed by atoms with Gasteiger partial charge in [-0.2, -0.15) is 0 Å². The van der Waals surface area contributed by atoms with Gasteiger partial charge in [-0.25, -0.2) is 4.79 Å². The molecule has 1 fully saturated rings. The Labute approximate surface area is 294 Å². The number of amides is 2. The maximum Gasteiger partial charge on any atom is 0.407 e. The van der Waals surface area contributed by atoms with E-state index >= 15 is 0 Å². The largest absolute Gasteiger partial charge is 0.444 e. The SMILES string of the molecule is CC(C)(C)OC(=O)NC(Cc1ccccc1)C(O)CC(Cc1ccc(SCCN2CCOCC2)cc1)C(=O)N[C@H]1c2ccccc2C[C@@H]1O. The van der Waals surface area contributed by atoms with E-state index in [2.05, 4.69) is 27.7 Å². The number of fused-ring (bicyclic) bond motifs is 1. The second-order valence-corrected chi connectivity index (χ2v) is 15.2. The van der Waals surface area contributed by atoms with Gasteiger partial charge in [-0.3, -0.25) is 9.69 Å². The summed E-state index contributed by atoms with van der Waals surface area (Å²) in [5, 5.41) is 28.6. The summed E-state index contributed by atoms with van der Waals surface area (Å²) in [6.45, 7) is 9.90. The fourth-order valence-corrected chi connectivity index (χ4v) is 7.41. The second kappa shape index (κ2) is 17.5. The van der Waals surface area contributed by atoms with Crippen LogP contribution >= 0.6 is 11.8 Å². The van der Waals surface area contributed by atoms with Crippen LogP contribution < -0.4 is 10.6 Å². The second-order valence-electron chi connectivity index (χ2n) is 14.0. The van der Waals surface area contributed by atoms with E-state index in [9.17, 15) is 19.8 Å². The first-order valence-corrected chi connectivity index (χ1v) is 18.3. The van der Waals surface area contributed by atoms with Gasteiger partial charge in [0.15, 0.2) is 0 Å². The van der Waals surface area contributed by atoms with Crippen LogP contribution in [0.3, 0.4) is 0 Å². The first-order valence-electron chi connectivity index (χ1n) is 17.3. The lowest BCUT2D eigenvalue weighted by molar-refractivity contribution is -0.127. The lowest BCUT2D eigenvalue weighted by atomic mass is 9.88. The van der Waals surface area contributed by atoms with E-state index in [1.165, 1.54) is 0 Å². The fourth-order valence-electron chi connectivity index (χ4n) is 6.49. The van der Waals surface area contributed by atoms with Crippen LogP contribution in [0.25, 0.3) is 0 Å². The Morgan fingerprint density at radius 1 is 0.959 bits per heavy atom. The van der Waals surface area contributed by atoms with E-state index in [0.29, 0.717) is 19.3 Å². The molecule has 9 nitrogen and oxygen atoms in total. The molecule has 1 heterocycles. The zero-order valence-corrected chi connectivity index (χ0v) is 29.7. The van der Waals surface area contributed by atoms with Crippen LogP contribution in [0, 0.1) is 5.92 Å². The van der Waals surface area contributed by atoms with Gasteiger partial charge in [0, 0.05) is 42.6 Å². The third kappa shape index (κ3) is 11.3. The van der Waals surface area contributed by atoms with Crippen LogP contribution in [0.2, 0.25) is 0 Å². The number of aliphatic hydroxyl groups excluding tert-OH is 2. The van der Waals surface area contributed by atoms with Crippen LogP contribution in [-0.2, 0) is 33.5 Å². The van der Waals surface area contributed by atoms with E-state index < -0.39 is 41.9 Å². The average molecular weight is 690 g/mol. The molecule has 10 heteroatoms. The van der Waals surface area contributed by atoms with Crippen molar-refractivity contribution in [3.8, 4) is 0 Å². The number of ether oxygens (including phenoxy) is 2. The third-order valence-electron chi connectivity index (χ3n) is 9.05. The Morgan fingerprint density at radius 2 is 1.63 bits per heavy atom. The van der Waals surface area contributed by atoms with Gasteiger partial charge in [0.2, 0.25) is 5.91 Å². The minimum Gasteiger partial charge on any atom is -0.444 e. The Bertz CT molecular complexity index is 1490. The number of morpholine rings is 1. The van der Waals surface area contributed by atoms with Crippen molar-refractivity contribution in [2.24, 2.45) is 5.92 Å². The Kier molecular flexibility index (Phi) is 13.2. The number of hydrogen-bond donors (Lipinski definition) is 4. The average Bonchev–Trinajstić information content (AvgIpc) is 3.39. The molecule has 264 valence electrons. The fraction of sp³-hybridized carbons (Fsp3) is 0.487. The number of hydrogen-bond acceptors (Lipinski definition) is 8. The van der Waals surface area contributed by atoms with Crippen molar-refractivity contribution in [1.29, 1.82) is 0 Å². The quantitative estimate of drug-likeness (QED) is 0.176. The van der Waals surface area contributed by atoms with Gasteiger partial charge < -0.3 is 30.3 Å². The maximum absolute atomic E-state index is 14.1. The van der Waals surface area contributed by atoms with Gasteiger partial charge in [-0.15, -0.1) is 11.8 Å². The number of aliphatic hydroxyl groups is 2. The molecular weight excluding hydrogens is 639 g/mol. The molecule has 3 aromatic rings. The van der Waals surface area contributed by atoms with E-state index in [1.807, 2.05) is 66.7 Å². The normalized spacial score (nSPS) is 19.8. The highest BCUT2D eigenvalue weighted by atomic mass is 32.2. The van der Waals surface area contributed by atoms with Gasteiger partial charge in [0.05, 0.1) is 37.5 Å². The highest BCUT2D eigenvalue weighted by Gasteiger charge is 2.35. The predicted octanol–water partition coefficient (Wildman–Crippen LogP) is 4.93. The molecule has 3 unspecified atom stereocenters. The zero-order valence-electron chi connectivity index (χ0n) is 28.8. The first-order chi connectivity index (χ1) is 23.5. The Hall–Kier alpha value is -3.41. The minimum atomic E-state index is -1.06. The topological polar surface area (TPSA) is 120 Å². The Balaban J connectivity index is 1.31. The summed E-state index contributed by atoms with van der Waals surface area (Å²) in [5.74, 6) is 0.0999. The van der Waals surface area contributed by atoms with Crippen molar-refractivity contribution in [1.82, 2.24) is 15.5 Å². The molecule has 0 aromatic heterocycles. The summed E-state index contributed by atoms with van der Waals surface area (Å²) < 4.78 is 11.0. The van der Waals surface area contributed by atoms with Crippen molar-refractivity contribution in [3.63, 3.8) is 0 Å². The van der Waals surface area contributed by atoms with Crippen LogP contribution in [0.15, 0.2) is 83.8 Å². The van der Waals surface area contributed by atoms with Crippen LogP contribution in [0.1, 0.15) is 55.5 Å².